The van der Waals surface area contributed by atoms with Gasteiger partial charge in [0.2, 0.25) is 0 Å². The lowest BCUT2D eigenvalue weighted by atomic mass is 10.1. The van der Waals surface area contributed by atoms with E-state index in [2.05, 4.69) is 4.98 Å². The maximum Gasteiger partial charge on any atom is 0.336 e. The highest BCUT2D eigenvalue weighted by Crippen LogP contribution is 2.27. The Morgan fingerprint density at radius 3 is 2.62 bits per heavy atom. The van der Waals surface area contributed by atoms with Gasteiger partial charge in [0.05, 0.1) is 11.1 Å². The van der Waals surface area contributed by atoms with Crippen molar-refractivity contribution in [1.29, 1.82) is 0 Å². The van der Waals surface area contributed by atoms with E-state index < -0.39 is 5.97 Å². The van der Waals surface area contributed by atoms with E-state index in [1.54, 1.807) is 12.1 Å². The third-order valence-electron chi connectivity index (χ3n) is 2.27. The predicted molar refractivity (Wildman–Crippen MR) is 63.5 cm³/mol. The maximum absolute atomic E-state index is 11.1. The average molecular weight is 256 g/mol. The quantitative estimate of drug-likeness (QED) is 0.793. The molecule has 0 saturated carbocycles. The Kier molecular flexibility index (Phi) is 2.74. The Morgan fingerprint density at radius 1 is 1.31 bits per heavy atom. The summed E-state index contributed by atoms with van der Waals surface area (Å²) < 4.78 is 0. The first-order valence-corrected chi connectivity index (χ1v) is 5.24. The summed E-state index contributed by atoms with van der Waals surface area (Å²) in [6, 6.07) is 4.62. The first kappa shape index (κ1) is 11.2. The molecule has 2 aromatic rings. The van der Waals surface area contributed by atoms with Crippen molar-refractivity contribution in [3.05, 3.63) is 39.5 Å². The number of hydrogen-bond acceptors (Lipinski definition) is 2. The summed E-state index contributed by atoms with van der Waals surface area (Å²) >= 11 is 11.7. The number of benzene rings is 1. The van der Waals surface area contributed by atoms with Crippen LogP contribution in [0.15, 0.2) is 18.2 Å². The second kappa shape index (κ2) is 3.92. The van der Waals surface area contributed by atoms with Gasteiger partial charge >= 0.3 is 5.97 Å². The standard InChI is InChI=1S/C11H7Cl2NO2/c1-5-2-6(12)3-7-8(11(15)16)4-9(13)14-10(5)7/h2-4H,1H3,(H,15,16). The van der Waals surface area contributed by atoms with Crippen molar-refractivity contribution >= 4 is 40.1 Å². The Morgan fingerprint density at radius 2 is 2.00 bits per heavy atom. The number of rotatable bonds is 1. The van der Waals surface area contributed by atoms with Crippen LogP contribution in [0.25, 0.3) is 10.9 Å². The van der Waals surface area contributed by atoms with Crippen LogP contribution in [-0.2, 0) is 0 Å². The summed E-state index contributed by atoms with van der Waals surface area (Å²) in [7, 11) is 0. The van der Waals surface area contributed by atoms with Crippen LogP contribution < -0.4 is 0 Å². The number of halogens is 2. The van der Waals surface area contributed by atoms with Crippen molar-refractivity contribution in [3.8, 4) is 0 Å². The number of fused-ring (bicyclic) bond motifs is 1. The van der Waals surface area contributed by atoms with Crippen LogP contribution >= 0.6 is 23.2 Å². The molecule has 82 valence electrons. The van der Waals surface area contributed by atoms with Crippen molar-refractivity contribution in [2.45, 2.75) is 6.92 Å². The fourth-order valence-corrected chi connectivity index (χ4v) is 2.07. The van der Waals surface area contributed by atoms with Crippen LogP contribution in [0.2, 0.25) is 10.2 Å². The van der Waals surface area contributed by atoms with Crippen molar-refractivity contribution in [2.75, 3.05) is 0 Å². The molecule has 2 rings (SSSR count). The maximum atomic E-state index is 11.1. The summed E-state index contributed by atoms with van der Waals surface area (Å²) in [6.45, 7) is 1.81. The van der Waals surface area contributed by atoms with Crippen LogP contribution in [-0.4, -0.2) is 16.1 Å². The summed E-state index contributed by atoms with van der Waals surface area (Å²) in [5.74, 6) is -1.05. The second-order valence-corrected chi connectivity index (χ2v) is 4.24. The van der Waals surface area contributed by atoms with Gasteiger partial charge in [-0.25, -0.2) is 9.78 Å². The summed E-state index contributed by atoms with van der Waals surface area (Å²) in [6.07, 6.45) is 0. The Balaban J connectivity index is 2.95. The predicted octanol–water partition coefficient (Wildman–Crippen LogP) is 3.55. The fourth-order valence-electron chi connectivity index (χ4n) is 1.60. The van der Waals surface area contributed by atoms with Crippen molar-refractivity contribution in [2.24, 2.45) is 0 Å². The molecule has 0 amide bonds. The van der Waals surface area contributed by atoms with Crippen molar-refractivity contribution < 1.29 is 9.90 Å². The molecule has 1 heterocycles. The largest absolute Gasteiger partial charge is 0.478 e. The smallest absolute Gasteiger partial charge is 0.336 e. The Hall–Kier alpha value is -1.32. The van der Waals surface area contributed by atoms with Crippen LogP contribution in [0.5, 0.6) is 0 Å². The lowest BCUT2D eigenvalue weighted by Crippen LogP contribution is -2.00. The van der Waals surface area contributed by atoms with E-state index in [1.807, 2.05) is 6.92 Å². The first-order valence-electron chi connectivity index (χ1n) is 4.48. The molecule has 0 spiro atoms. The molecule has 0 saturated heterocycles. The van der Waals surface area contributed by atoms with Crippen LogP contribution in [0.3, 0.4) is 0 Å². The normalized spacial score (nSPS) is 10.7. The number of pyridine rings is 1. The number of aryl methyl sites for hydroxylation is 1. The lowest BCUT2D eigenvalue weighted by molar-refractivity contribution is 0.0699. The minimum Gasteiger partial charge on any atom is -0.478 e. The van der Waals surface area contributed by atoms with E-state index in [9.17, 15) is 4.79 Å². The molecule has 3 nitrogen and oxygen atoms in total. The third-order valence-corrected chi connectivity index (χ3v) is 2.68. The molecule has 0 aliphatic rings. The topological polar surface area (TPSA) is 50.2 Å². The highest BCUT2D eigenvalue weighted by atomic mass is 35.5. The van der Waals surface area contributed by atoms with Crippen LogP contribution in [0.1, 0.15) is 15.9 Å². The first-order chi connectivity index (χ1) is 7.49. The van der Waals surface area contributed by atoms with E-state index in [1.165, 1.54) is 6.07 Å². The van der Waals surface area contributed by atoms with Crippen LogP contribution in [0.4, 0.5) is 0 Å². The highest BCUT2D eigenvalue weighted by Gasteiger charge is 2.13. The number of hydrogen-bond donors (Lipinski definition) is 1. The molecule has 1 N–H and O–H groups in total. The van der Waals surface area contributed by atoms with Gasteiger partial charge in [-0.15, -0.1) is 0 Å². The zero-order valence-corrected chi connectivity index (χ0v) is 9.80. The van der Waals surface area contributed by atoms with Gasteiger partial charge in [0, 0.05) is 10.4 Å². The summed E-state index contributed by atoms with van der Waals surface area (Å²) in [5, 5.41) is 10.2. The van der Waals surface area contributed by atoms with Gasteiger partial charge in [0.25, 0.3) is 0 Å². The van der Waals surface area contributed by atoms with E-state index in [0.717, 1.165) is 5.56 Å². The van der Waals surface area contributed by atoms with E-state index >= 15 is 0 Å². The van der Waals surface area contributed by atoms with E-state index in [-0.39, 0.29) is 10.7 Å². The molecule has 5 heteroatoms. The molecular formula is C11H7Cl2NO2. The van der Waals surface area contributed by atoms with Gasteiger partial charge in [-0.1, -0.05) is 23.2 Å². The third kappa shape index (κ3) is 1.84. The zero-order valence-electron chi connectivity index (χ0n) is 8.29. The van der Waals surface area contributed by atoms with Gasteiger partial charge in [0.1, 0.15) is 5.15 Å². The fraction of sp³-hybridized carbons (Fsp3) is 0.0909. The number of aromatic nitrogens is 1. The summed E-state index contributed by atoms with van der Waals surface area (Å²) in [4.78, 5) is 15.2. The molecule has 0 aliphatic heterocycles. The van der Waals surface area contributed by atoms with E-state index in [0.29, 0.717) is 15.9 Å². The number of nitrogens with zero attached hydrogens (tertiary/aromatic N) is 1. The minimum atomic E-state index is -1.05. The monoisotopic (exact) mass is 255 g/mol. The SMILES string of the molecule is Cc1cc(Cl)cc2c(C(=O)O)cc(Cl)nc12. The molecule has 0 fully saturated rings. The molecule has 0 radical (unpaired) electrons. The van der Waals surface area contributed by atoms with Gasteiger partial charge in [-0.2, -0.15) is 0 Å². The Labute approximate surface area is 102 Å². The van der Waals surface area contributed by atoms with E-state index in [4.69, 9.17) is 28.3 Å². The highest BCUT2D eigenvalue weighted by molar-refractivity contribution is 6.32. The minimum absolute atomic E-state index is 0.112. The molecule has 0 aliphatic carbocycles. The second-order valence-electron chi connectivity index (χ2n) is 3.42. The van der Waals surface area contributed by atoms with Crippen molar-refractivity contribution in [3.63, 3.8) is 0 Å². The van der Waals surface area contributed by atoms with Gasteiger partial charge < -0.3 is 5.11 Å². The molecule has 0 bridgehead atoms. The summed E-state index contributed by atoms with van der Waals surface area (Å²) in [5.41, 5.74) is 1.47. The number of carbonyl (C=O) groups is 1. The molecular weight excluding hydrogens is 249 g/mol. The molecule has 16 heavy (non-hydrogen) atoms. The van der Waals surface area contributed by atoms with Gasteiger partial charge in [-0.05, 0) is 30.7 Å². The van der Waals surface area contributed by atoms with Gasteiger partial charge in [0.15, 0.2) is 0 Å². The molecule has 0 unspecified atom stereocenters. The Bertz CT molecular complexity index is 596. The number of carboxylic acid groups (broad SMARTS) is 1. The molecule has 0 atom stereocenters. The van der Waals surface area contributed by atoms with Crippen molar-refractivity contribution in [1.82, 2.24) is 4.98 Å². The van der Waals surface area contributed by atoms with Crippen LogP contribution in [0, 0.1) is 6.92 Å². The number of aromatic carboxylic acids is 1. The lowest BCUT2D eigenvalue weighted by Gasteiger charge is -2.06. The number of carboxylic acids is 1. The molecule has 1 aromatic carbocycles. The average Bonchev–Trinajstić information content (AvgIpc) is 2.18. The zero-order chi connectivity index (χ0) is 11.9. The van der Waals surface area contributed by atoms with Gasteiger partial charge in [-0.3, -0.25) is 0 Å². The molecule has 1 aromatic heterocycles.